The van der Waals surface area contributed by atoms with E-state index < -0.39 is 5.91 Å². The number of nitrogens with zero attached hydrogens (tertiary/aromatic N) is 1. The first kappa shape index (κ1) is 24.2. The fraction of sp³-hybridized carbons (Fsp3) is 0.619. The van der Waals surface area contributed by atoms with E-state index in [-0.39, 0.29) is 35.1 Å². The molecule has 1 heterocycles. The van der Waals surface area contributed by atoms with Gasteiger partial charge in [0.05, 0.1) is 25.3 Å². The molecule has 30 heavy (non-hydrogen) atoms. The molecule has 0 saturated carbocycles. The van der Waals surface area contributed by atoms with E-state index in [4.69, 9.17) is 31.5 Å². The average Bonchev–Trinajstić information content (AvgIpc) is 2.75. The molecule has 2 rings (SSSR count). The van der Waals surface area contributed by atoms with Gasteiger partial charge in [-0.2, -0.15) is 0 Å². The third kappa shape index (κ3) is 6.48. The van der Waals surface area contributed by atoms with E-state index in [1.54, 1.807) is 6.07 Å². The van der Waals surface area contributed by atoms with Crippen LogP contribution >= 0.6 is 11.6 Å². The van der Waals surface area contributed by atoms with Crippen LogP contribution in [0.4, 0.5) is 0 Å². The zero-order valence-electron chi connectivity index (χ0n) is 17.9. The van der Waals surface area contributed by atoms with Gasteiger partial charge in [0.25, 0.3) is 11.8 Å². The first-order valence-corrected chi connectivity index (χ1v) is 10.7. The number of hydrogen-bond acceptors (Lipinski definition) is 6. The van der Waals surface area contributed by atoms with Gasteiger partial charge >= 0.3 is 0 Å². The van der Waals surface area contributed by atoms with Crippen LogP contribution in [0.1, 0.15) is 37.0 Å². The number of amides is 2. The number of rotatable bonds is 11. The topological polar surface area (TPSA) is 103 Å². The van der Waals surface area contributed by atoms with Crippen LogP contribution in [0.2, 0.25) is 5.02 Å². The Bertz CT molecular complexity index is 721. The molecule has 2 amide bonds. The van der Waals surface area contributed by atoms with E-state index >= 15 is 0 Å². The van der Waals surface area contributed by atoms with Gasteiger partial charge < -0.3 is 25.3 Å². The Kier molecular flexibility index (Phi) is 9.68. The van der Waals surface area contributed by atoms with Crippen LogP contribution < -0.4 is 20.5 Å². The van der Waals surface area contributed by atoms with Crippen LogP contribution in [0, 0.1) is 5.92 Å². The van der Waals surface area contributed by atoms with Crippen LogP contribution in [0.5, 0.6) is 11.5 Å². The summed E-state index contributed by atoms with van der Waals surface area (Å²) in [5, 5.41) is 3.21. The molecular formula is C21H32ClN3O5. The third-order valence-corrected chi connectivity index (χ3v) is 5.71. The number of nitrogens with two attached hydrogens (primary N) is 1. The molecule has 0 radical (unpaired) electrons. The SMILES string of the molecule is CCC(CC)C(CNC(=O)c1cc(Cl)c(OCC(N)=O)c(OC)c1)N1CCOCC1. The fourth-order valence-corrected chi connectivity index (χ4v) is 4.03. The quantitative estimate of drug-likeness (QED) is 0.545. The first-order valence-electron chi connectivity index (χ1n) is 10.3. The summed E-state index contributed by atoms with van der Waals surface area (Å²) in [6, 6.07) is 3.28. The number of carbonyl (C=O) groups is 2. The van der Waals surface area contributed by atoms with Gasteiger partial charge in [0.15, 0.2) is 18.1 Å². The van der Waals surface area contributed by atoms with Crippen LogP contribution in [-0.4, -0.2) is 69.3 Å². The smallest absolute Gasteiger partial charge is 0.255 e. The van der Waals surface area contributed by atoms with Crippen LogP contribution in [0.25, 0.3) is 0 Å². The van der Waals surface area contributed by atoms with E-state index in [1.807, 2.05) is 0 Å². The molecule has 3 N–H and O–H groups in total. The van der Waals surface area contributed by atoms with Crippen LogP contribution in [0.3, 0.4) is 0 Å². The Hall–Kier alpha value is -2.03. The van der Waals surface area contributed by atoms with Crippen LogP contribution in [-0.2, 0) is 9.53 Å². The van der Waals surface area contributed by atoms with Crippen molar-refractivity contribution in [2.75, 3.05) is 46.6 Å². The van der Waals surface area contributed by atoms with Crippen molar-refractivity contribution in [3.05, 3.63) is 22.7 Å². The molecule has 1 aliphatic heterocycles. The van der Waals surface area contributed by atoms with E-state index in [0.29, 0.717) is 31.2 Å². The lowest BCUT2D eigenvalue weighted by atomic mass is 9.92. The maximum absolute atomic E-state index is 12.8. The second-order valence-electron chi connectivity index (χ2n) is 7.25. The number of nitrogens with one attached hydrogen (secondary N) is 1. The van der Waals surface area contributed by atoms with E-state index in [1.165, 1.54) is 13.2 Å². The number of ether oxygens (including phenoxy) is 3. The third-order valence-electron chi connectivity index (χ3n) is 5.43. The second-order valence-corrected chi connectivity index (χ2v) is 7.65. The van der Waals surface area contributed by atoms with Crippen molar-refractivity contribution in [3.8, 4) is 11.5 Å². The van der Waals surface area contributed by atoms with Gasteiger partial charge in [-0.25, -0.2) is 0 Å². The molecule has 1 unspecified atom stereocenters. The normalized spacial score (nSPS) is 15.6. The molecule has 0 aromatic heterocycles. The molecule has 0 bridgehead atoms. The minimum absolute atomic E-state index is 0.172. The predicted octanol–water partition coefficient (Wildman–Crippen LogP) is 2.08. The summed E-state index contributed by atoms with van der Waals surface area (Å²) >= 11 is 6.26. The zero-order valence-corrected chi connectivity index (χ0v) is 18.7. The molecule has 1 aromatic rings. The monoisotopic (exact) mass is 441 g/mol. The summed E-state index contributed by atoms with van der Waals surface area (Å²) in [6.07, 6.45) is 2.08. The minimum atomic E-state index is -0.634. The Morgan fingerprint density at radius 3 is 2.50 bits per heavy atom. The highest BCUT2D eigenvalue weighted by atomic mass is 35.5. The Balaban J connectivity index is 2.12. The summed E-state index contributed by atoms with van der Waals surface area (Å²) in [5.74, 6) is 0.0359. The molecule has 8 nitrogen and oxygen atoms in total. The van der Waals surface area contributed by atoms with Gasteiger partial charge in [0, 0.05) is 31.2 Å². The number of primary amides is 1. The lowest BCUT2D eigenvalue weighted by Crippen LogP contribution is -2.52. The number of halogens is 1. The molecule has 168 valence electrons. The largest absolute Gasteiger partial charge is 0.493 e. The van der Waals surface area contributed by atoms with E-state index in [2.05, 4.69) is 24.1 Å². The molecular weight excluding hydrogens is 410 g/mol. The predicted molar refractivity (Wildman–Crippen MR) is 115 cm³/mol. The molecule has 1 saturated heterocycles. The molecule has 1 atom stereocenters. The number of methoxy groups -OCH3 is 1. The second kappa shape index (κ2) is 12.0. The van der Waals surface area contributed by atoms with Crippen molar-refractivity contribution in [3.63, 3.8) is 0 Å². The van der Waals surface area contributed by atoms with E-state index in [0.717, 1.165) is 25.9 Å². The molecule has 0 aliphatic carbocycles. The van der Waals surface area contributed by atoms with Crippen molar-refractivity contribution in [2.45, 2.75) is 32.7 Å². The maximum atomic E-state index is 12.8. The number of carbonyl (C=O) groups excluding carboxylic acids is 2. The minimum Gasteiger partial charge on any atom is -0.493 e. The number of hydrogen-bond donors (Lipinski definition) is 2. The van der Waals surface area contributed by atoms with Crippen molar-refractivity contribution in [2.24, 2.45) is 11.7 Å². The van der Waals surface area contributed by atoms with Crippen molar-refractivity contribution in [1.82, 2.24) is 10.2 Å². The summed E-state index contributed by atoms with van der Waals surface area (Å²) in [6.45, 7) is 7.71. The Labute approximate surface area is 183 Å². The van der Waals surface area contributed by atoms with Crippen molar-refractivity contribution >= 4 is 23.4 Å². The fourth-order valence-electron chi connectivity index (χ4n) is 3.77. The van der Waals surface area contributed by atoms with Gasteiger partial charge in [-0.3, -0.25) is 14.5 Å². The van der Waals surface area contributed by atoms with E-state index in [9.17, 15) is 9.59 Å². The number of morpholine rings is 1. The molecule has 9 heteroatoms. The zero-order chi connectivity index (χ0) is 22.1. The lowest BCUT2D eigenvalue weighted by molar-refractivity contribution is -0.119. The molecule has 1 fully saturated rings. The summed E-state index contributed by atoms with van der Waals surface area (Å²) < 4.78 is 16.1. The highest BCUT2D eigenvalue weighted by molar-refractivity contribution is 6.32. The van der Waals surface area contributed by atoms with Crippen molar-refractivity contribution in [1.29, 1.82) is 0 Å². The number of benzene rings is 1. The molecule has 1 aliphatic rings. The molecule has 0 spiro atoms. The molecule has 1 aromatic carbocycles. The van der Waals surface area contributed by atoms with Gasteiger partial charge in [0.1, 0.15) is 0 Å². The summed E-state index contributed by atoms with van der Waals surface area (Å²) in [4.78, 5) is 26.2. The highest BCUT2D eigenvalue weighted by Crippen LogP contribution is 2.36. The average molecular weight is 442 g/mol. The van der Waals surface area contributed by atoms with Gasteiger partial charge in [0.2, 0.25) is 0 Å². The highest BCUT2D eigenvalue weighted by Gasteiger charge is 2.27. The standard InChI is InChI=1S/C21H32ClN3O5/c1-4-14(5-2)17(25-6-8-29-9-7-25)12-24-21(27)15-10-16(22)20(18(11-15)28-3)30-13-19(23)26/h10-11,14,17H,4-9,12-13H2,1-3H3,(H2,23,26)(H,24,27). The maximum Gasteiger partial charge on any atom is 0.255 e. The van der Waals surface area contributed by atoms with Gasteiger partial charge in [-0.15, -0.1) is 0 Å². The summed E-state index contributed by atoms with van der Waals surface area (Å²) in [5.41, 5.74) is 5.47. The Morgan fingerprint density at radius 2 is 1.93 bits per heavy atom. The van der Waals surface area contributed by atoms with Gasteiger partial charge in [-0.1, -0.05) is 38.3 Å². The lowest BCUT2D eigenvalue weighted by Gasteiger charge is -2.38. The van der Waals surface area contributed by atoms with Crippen LogP contribution in [0.15, 0.2) is 12.1 Å². The summed E-state index contributed by atoms with van der Waals surface area (Å²) in [7, 11) is 1.44. The first-order chi connectivity index (χ1) is 14.4. The van der Waals surface area contributed by atoms with Gasteiger partial charge in [-0.05, 0) is 18.1 Å². The Morgan fingerprint density at radius 1 is 1.27 bits per heavy atom. The van der Waals surface area contributed by atoms with Crippen molar-refractivity contribution < 1.29 is 23.8 Å².